The number of carbonyl (C=O) groups is 2. The number of aromatic nitrogens is 4. The van der Waals surface area contributed by atoms with E-state index < -0.39 is 0 Å². The van der Waals surface area contributed by atoms with Gasteiger partial charge < -0.3 is 10.2 Å². The smallest absolute Gasteiger partial charge is 0.257 e. The quantitative estimate of drug-likeness (QED) is 0.735. The van der Waals surface area contributed by atoms with Gasteiger partial charge in [-0.05, 0) is 66.4 Å². The molecule has 1 unspecified atom stereocenters. The Morgan fingerprint density at radius 1 is 1.16 bits per heavy atom. The zero-order valence-electron chi connectivity index (χ0n) is 19.7. The lowest BCUT2D eigenvalue weighted by molar-refractivity contribution is -0.122. The van der Waals surface area contributed by atoms with Crippen LogP contribution in [0.15, 0.2) is 6.07 Å². The molecule has 170 valence electrons. The molecule has 1 saturated heterocycles. The van der Waals surface area contributed by atoms with E-state index in [1.165, 1.54) is 0 Å². The van der Waals surface area contributed by atoms with E-state index in [1.54, 1.807) is 0 Å². The lowest BCUT2D eigenvalue weighted by Crippen LogP contribution is -2.40. The SMILES string of the molecule is CCn1nc(C)c(C(=O)N2CCC(CC(=O)NCC(C)n3nc(C)cc3C)CC2)c1C. The van der Waals surface area contributed by atoms with Gasteiger partial charge in [0.2, 0.25) is 5.91 Å². The zero-order valence-corrected chi connectivity index (χ0v) is 19.7. The van der Waals surface area contributed by atoms with Crippen molar-refractivity contribution in [2.75, 3.05) is 19.6 Å². The van der Waals surface area contributed by atoms with Crippen LogP contribution in [0, 0.1) is 33.6 Å². The molecular formula is C23H36N6O2. The summed E-state index contributed by atoms with van der Waals surface area (Å²) in [5.74, 6) is 0.457. The molecule has 8 heteroatoms. The van der Waals surface area contributed by atoms with Gasteiger partial charge >= 0.3 is 0 Å². The van der Waals surface area contributed by atoms with E-state index >= 15 is 0 Å². The molecule has 0 aromatic carbocycles. The van der Waals surface area contributed by atoms with E-state index in [0.717, 1.165) is 47.7 Å². The summed E-state index contributed by atoms with van der Waals surface area (Å²) in [7, 11) is 0. The van der Waals surface area contributed by atoms with Crippen molar-refractivity contribution in [2.24, 2.45) is 5.92 Å². The Kier molecular flexibility index (Phi) is 7.18. The number of piperidine rings is 1. The second-order valence-corrected chi connectivity index (χ2v) is 8.83. The van der Waals surface area contributed by atoms with Crippen molar-refractivity contribution >= 4 is 11.8 Å². The summed E-state index contributed by atoms with van der Waals surface area (Å²) < 4.78 is 3.84. The van der Waals surface area contributed by atoms with Crippen molar-refractivity contribution in [3.8, 4) is 0 Å². The van der Waals surface area contributed by atoms with Gasteiger partial charge in [-0.1, -0.05) is 0 Å². The van der Waals surface area contributed by atoms with Gasteiger partial charge in [0.05, 0.1) is 23.0 Å². The molecule has 2 amide bonds. The van der Waals surface area contributed by atoms with Crippen LogP contribution in [0.2, 0.25) is 0 Å². The summed E-state index contributed by atoms with van der Waals surface area (Å²) in [6.07, 6.45) is 2.22. The molecule has 1 aliphatic rings. The number of hydrogen-bond acceptors (Lipinski definition) is 4. The standard InChI is InChI=1S/C23H36N6O2/c1-7-28-19(6)22(18(5)26-28)23(31)27-10-8-20(9-11-27)13-21(30)24-14-17(4)29-16(3)12-15(2)25-29/h12,17,20H,7-11,13-14H2,1-6H3,(H,24,30). The first-order valence-electron chi connectivity index (χ1n) is 11.3. The molecule has 0 spiro atoms. The molecular weight excluding hydrogens is 392 g/mol. The molecule has 3 rings (SSSR count). The molecule has 8 nitrogen and oxygen atoms in total. The van der Waals surface area contributed by atoms with Crippen molar-refractivity contribution in [3.05, 3.63) is 34.4 Å². The van der Waals surface area contributed by atoms with Crippen molar-refractivity contribution in [1.82, 2.24) is 29.8 Å². The second kappa shape index (κ2) is 9.66. The maximum Gasteiger partial charge on any atom is 0.257 e. The van der Waals surface area contributed by atoms with Gasteiger partial charge in [0.15, 0.2) is 0 Å². The third kappa shape index (κ3) is 5.17. The van der Waals surface area contributed by atoms with Crippen LogP contribution in [0.5, 0.6) is 0 Å². The van der Waals surface area contributed by atoms with E-state index in [2.05, 4.69) is 22.4 Å². The fourth-order valence-corrected chi connectivity index (χ4v) is 4.59. The number of likely N-dealkylation sites (tertiary alicyclic amines) is 1. The molecule has 2 aromatic rings. The molecule has 31 heavy (non-hydrogen) atoms. The first kappa shape index (κ1) is 23.0. The number of nitrogens with zero attached hydrogens (tertiary/aromatic N) is 5. The number of carbonyl (C=O) groups excluding carboxylic acids is 2. The van der Waals surface area contributed by atoms with Crippen molar-refractivity contribution in [1.29, 1.82) is 0 Å². The molecule has 1 fully saturated rings. The van der Waals surface area contributed by atoms with Gasteiger partial charge in [-0.15, -0.1) is 0 Å². The largest absolute Gasteiger partial charge is 0.354 e. The van der Waals surface area contributed by atoms with Crippen LogP contribution in [-0.2, 0) is 11.3 Å². The second-order valence-electron chi connectivity index (χ2n) is 8.83. The minimum Gasteiger partial charge on any atom is -0.354 e. The maximum absolute atomic E-state index is 13.0. The molecule has 0 aliphatic carbocycles. The van der Waals surface area contributed by atoms with Gasteiger partial charge in [-0.2, -0.15) is 10.2 Å². The van der Waals surface area contributed by atoms with Crippen LogP contribution in [0.25, 0.3) is 0 Å². The molecule has 1 aliphatic heterocycles. The van der Waals surface area contributed by atoms with Gasteiger partial charge in [0.25, 0.3) is 5.91 Å². The van der Waals surface area contributed by atoms with E-state index in [4.69, 9.17) is 0 Å². The van der Waals surface area contributed by atoms with Gasteiger partial charge in [0, 0.05) is 44.0 Å². The Balaban J connectivity index is 1.46. The highest BCUT2D eigenvalue weighted by Gasteiger charge is 2.28. The average molecular weight is 429 g/mol. The number of rotatable bonds is 7. The third-order valence-corrected chi connectivity index (χ3v) is 6.33. The van der Waals surface area contributed by atoms with Crippen LogP contribution < -0.4 is 5.32 Å². The van der Waals surface area contributed by atoms with Crippen LogP contribution in [0.1, 0.15) is 72.3 Å². The molecule has 0 bridgehead atoms. The Morgan fingerprint density at radius 2 is 1.84 bits per heavy atom. The zero-order chi connectivity index (χ0) is 22.7. The van der Waals surface area contributed by atoms with Crippen LogP contribution in [-0.4, -0.2) is 55.9 Å². The number of hydrogen-bond donors (Lipinski definition) is 1. The first-order chi connectivity index (χ1) is 14.7. The molecule has 3 heterocycles. The van der Waals surface area contributed by atoms with Crippen molar-refractivity contribution in [3.63, 3.8) is 0 Å². The molecule has 0 radical (unpaired) electrons. The predicted molar refractivity (Wildman–Crippen MR) is 120 cm³/mol. The molecule has 1 N–H and O–H groups in total. The lowest BCUT2D eigenvalue weighted by atomic mass is 9.92. The summed E-state index contributed by atoms with van der Waals surface area (Å²) in [5, 5.41) is 12.0. The van der Waals surface area contributed by atoms with Crippen LogP contribution in [0.4, 0.5) is 0 Å². The summed E-state index contributed by atoms with van der Waals surface area (Å²) in [4.78, 5) is 27.4. The summed E-state index contributed by atoms with van der Waals surface area (Å²) in [6, 6.07) is 2.16. The van der Waals surface area contributed by atoms with Gasteiger partial charge in [-0.25, -0.2) is 0 Å². The first-order valence-corrected chi connectivity index (χ1v) is 11.3. The highest BCUT2D eigenvalue weighted by atomic mass is 16.2. The number of aryl methyl sites for hydroxylation is 4. The highest BCUT2D eigenvalue weighted by Crippen LogP contribution is 2.24. The average Bonchev–Trinajstić information content (AvgIpc) is 3.23. The number of amides is 2. The van der Waals surface area contributed by atoms with Crippen molar-refractivity contribution < 1.29 is 9.59 Å². The van der Waals surface area contributed by atoms with Crippen LogP contribution in [0.3, 0.4) is 0 Å². The summed E-state index contributed by atoms with van der Waals surface area (Å²) in [5.41, 5.74) is 4.55. The highest BCUT2D eigenvalue weighted by molar-refractivity contribution is 5.96. The van der Waals surface area contributed by atoms with E-state index in [0.29, 0.717) is 32.0 Å². The van der Waals surface area contributed by atoms with E-state index in [1.807, 2.05) is 54.9 Å². The lowest BCUT2D eigenvalue weighted by Gasteiger charge is -2.32. The Labute approximate surface area is 185 Å². The summed E-state index contributed by atoms with van der Waals surface area (Å²) >= 11 is 0. The predicted octanol–water partition coefficient (Wildman–Crippen LogP) is 2.95. The van der Waals surface area contributed by atoms with Gasteiger partial charge in [-0.3, -0.25) is 19.0 Å². The normalized spacial score (nSPS) is 15.9. The van der Waals surface area contributed by atoms with E-state index in [9.17, 15) is 9.59 Å². The minimum absolute atomic E-state index is 0.0660. The Morgan fingerprint density at radius 3 is 2.39 bits per heavy atom. The fraction of sp³-hybridized carbons (Fsp3) is 0.652. The Hall–Kier alpha value is -2.64. The monoisotopic (exact) mass is 428 g/mol. The maximum atomic E-state index is 13.0. The topological polar surface area (TPSA) is 85.0 Å². The Bertz CT molecular complexity index is 936. The van der Waals surface area contributed by atoms with Gasteiger partial charge in [0.1, 0.15) is 0 Å². The summed E-state index contributed by atoms with van der Waals surface area (Å²) in [6.45, 7) is 14.7. The third-order valence-electron chi connectivity index (χ3n) is 6.33. The van der Waals surface area contributed by atoms with Crippen molar-refractivity contribution in [2.45, 2.75) is 73.4 Å². The minimum atomic E-state index is 0.0660. The molecule has 1 atom stereocenters. The van der Waals surface area contributed by atoms with E-state index in [-0.39, 0.29) is 17.9 Å². The molecule has 0 saturated carbocycles. The van der Waals surface area contributed by atoms with Crippen LogP contribution >= 0.6 is 0 Å². The number of nitrogens with one attached hydrogen (secondary N) is 1. The molecule has 2 aromatic heterocycles. The fourth-order valence-electron chi connectivity index (χ4n) is 4.59.